The van der Waals surface area contributed by atoms with Crippen molar-refractivity contribution in [3.8, 4) is 0 Å². The van der Waals surface area contributed by atoms with Gasteiger partial charge in [0.25, 0.3) is 5.91 Å². The van der Waals surface area contributed by atoms with Gasteiger partial charge in [-0.25, -0.2) is 4.98 Å². The Morgan fingerprint density at radius 2 is 2.40 bits per heavy atom. The number of amides is 1. The Kier molecular flexibility index (Phi) is 3.43. The van der Waals surface area contributed by atoms with Crippen molar-refractivity contribution in [1.82, 2.24) is 14.7 Å². The van der Waals surface area contributed by atoms with E-state index >= 15 is 0 Å². The molecule has 0 radical (unpaired) electrons. The first-order valence-electron chi connectivity index (χ1n) is 6.53. The third-order valence-corrected chi connectivity index (χ3v) is 3.84. The number of hydrogen-bond donors (Lipinski definition) is 1. The maximum atomic E-state index is 11.8. The van der Waals surface area contributed by atoms with Crippen molar-refractivity contribution in [3.63, 3.8) is 0 Å². The molecule has 2 aromatic heterocycles. The van der Waals surface area contributed by atoms with Crippen molar-refractivity contribution in [2.45, 2.75) is 38.3 Å². The lowest BCUT2D eigenvalue weighted by atomic mass is 10.3. The van der Waals surface area contributed by atoms with Crippen LogP contribution in [0.25, 0.3) is 4.96 Å². The molecule has 0 spiro atoms. The fourth-order valence-corrected chi connectivity index (χ4v) is 2.57. The zero-order valence-electron chi connectivity index (χ0n) is 11.0. The van der Waals surface area contributed by atoms with Gasteiger partial charge in [0.2, 0.25) is 0 Å². The number of fused-ring (bicyclic) bond motifs is 1. The SMILES string of the molecule is C[C@H](OC(=O)Cc1cn2ccsc2n1)C(=O)NC1CC1. The van der Waals surface area contributed by atoms with Crippen LogP contribution >= 0.6 is 11.3 Å². The molecule has 2 aromatic rings. The molecule has 6 nitrogen and oxygen atoms in total. The first-order valence-corrected chi connectivity index (χ1v) is 7.41. The van der Waals surface area contributed by atoms with Gasteiger partial charge < -0.3 is 10.1 Å². The normalized spacial score (nSPS) is 16.1. The third kappa shape index (κ3) is 2.98. The Morgan fingerprint density at radius 3 is 3.10 bits per heavy atom. The van der Waals surface area contributed by atoms with E-state index in [9.17, 15) is 9.59 Å². The van der Waals surface area contributed by atoms with Gasteiger partial charge in [-0.1, -0.05) is 0 Å². The van der Waals surface area contributed by atoms with Gasteiger partial charge in [0.05, 0.1) is 12.1 Å². The van der Waals surface area contributed by atoms with Crippen LogP contribution in [0.4, 0.5) is 0 Å². The molecule has 106 valence electrons. The zero-order valence-corrected chi connectivity index (χ0v) is 11.9. The second kappa shape index (κ2) is 5.24. The molecule has 1 fully saturated rings. The van der Waals surface area contributed by atoms with Gasteiger partial charge in [-0.15, -0.1) is 11.3 Å². The summed E-state index contributed by atoms with van der Waals surface area (Å²) in [7, 11) is 0. The van der Waals surface area contributed by atoms with Gasteiger partial charge in [-0.2, -0.15) is 0 Å². The van der Waals surface area contributed by atoms with Crippen LogP contribution in [-0.4, -0.2) is 33.4 Å². The number of nitrogens with one attached hydrogen (secondary N) is 1. The summed E-state index contributed by atoms with van der Waals surface area (Å²) in [6.07, 6.45) is 5.02. The summed E-state index contributed by atoms with van der Waals surface area (Å²) in [5.74, 6) is -0.666. The predicted octanol–water partition coefficient (Wildman–Crippen LogP) is 1.15. The standard InChI is InChI=1S/C13H15N3O3S/c1-8(12(18)14-9-2-3-9)19-11(17)6-10-7-16-4-5-20-13(16)15-10/h4-5,7-9H,2-3,6H2,1H3,(H,14,18)/t8-/m0/s1. The monoisotopic (exact) mass is 293 g/mol. The number of carbonyl (C=O) groups excluding carboxylic acids is 2. The second-order valence-electron chi connectivity index (χ2n) is 4.92. The van der Waals surface area contributed by atoms with E-state index in [0.717, 1.165) is 17.8 Å². The molecule has 1 aliphatic carbocycles. The maximum Gasteiger partial charge on any atom is 0.312 e. The summed E-state index contributed by atoms with van der Waals surface area (Å²) in [6, 6.07) is 0.267. The molecular formula is C13H15N3O3S. The number of carbonyl (C=O) groups is 2. The molecule has 3 rings (SSSR count). The molecule has 0 aromatic carbocycles. The van der Waals surface area contributed by atoms with Gasteiger partial charge in [-0.05, 0) is 19.8 Å². The van der Waals surface area contributed by atoms with Crippen molar-refractivity contribution >= 4 is 28.2 Å². The summed E-state index contributed by atoms with van der Waals surface area (Å²) in [6.45, 7) is 1.58. The van der Waals surface area contributed by atoms with Gasteiger partial charge in [-0.3, -0.25) is 14.0 Å². The van der Waals surface area contributed by atoms with Crippen molar-refractivity contribution < 1.29 is 14.3 Å². The van der Waals surface area contributed by atoms with Gasteiger partial charge in [0, 0.05) is 23.8 Å². The average molecular weight is 293 g/mol. The minimum atomic E-state index is -0.758. The molecule has 7 heteroatoms. The smallest absolute Gasteiger partial charge is 0.312 e. The van der Waals surface area contributed by atoms with Crippen LogP contribution in [0, 0.1) is 0 Å². The highest BCUT2D eigenvalue weighted by Gasteiger charge is 2.27. The van der Waals surface area contributed by atoms with E-state index in [1.807, 2.05) is 16.0 Å². The Labute approximate surface area is 119 Å². The summed E-state index contributed by atoms with van der Waals surface area (Å²) in [4.78, 5) is 28.6. The number of esters is 1. The molecule has 1 aliphatic rings. The summed E-state index contributed by atoms with van der Waals surface area (Å²) < 4.78 is 6.98. The minimum absolute atomic E-state index is 0.0788. The molecule has 1 amide bonds. The number of hydrogen-bond acceptors (Lipinski definition) is 5. The Hall–Kier alpha value is -1.89. The van der Waals surface area contributed by atoms with Crippen molar-refractivity contribution in [3.05, 3.63) is 23.5 Å². The molecule has 0 saturated heterocycles. The van der Waals surface area contributed by atoms with E-state index in [-0.39, 0.29) is 18.4 Å². The highest BCUT2D eigenvalue weighted by molar-refractivity contribution is 7.15. The lowest BCUT2D eigenvalue weighted by Gasteiger charge is -2.12. The van der Waals surface area contributed by atoms with Gasteiger partial charge in [0.15, 0.2) is 11.1 Å². The van der Waals surface area contributed by atoms with Crippen LogP contribution in [0.5, 0.6) is 0 Å². The molecular weight excluding hydrogens is 278 g/mol. The molecule has 1 N–H and O–H groups in total. The van der Waals surface area contributed by atoms with Crippen molar-refractivity contribution in [1.29, 1.82) is 0 Å². The van der Waals surface area contributed by atoms with Crippen LogP contribution in [-0.2, 0) is 20.7 Å². The highest BCUT2D eigenvalue weighted by atomic mass is 32.1. The summed E-state index contributed by atoms with van der Waals surface area (Å²) in [5, 5.41) is 4.73. The van der Waals surface area contributed by atoms with Crippen LogP contribution < -0.4 is 5.32 Å². The Balaban J connectivity index is 1.53. The number of thiazole rings is 1. The quantitative estimate of drug-likeness (QED) is 0.839. The van der Waals surface area contributed by atoms with E-state index in [0.29, 0.717) is 5.69 Å². The van der Waals surface area contributed by atoms with E-state index in [1.165, 1.54) is 11.3 Å². The topological polar surface area (TPSA) is 72.7 Å². The predicted molar refractivity (Wildman–Crippen MR) is 73.5 cm³/mol. The lowest BCUT2D eigenvalue weighted by molar-refractivity contribution is -0.154. The highest BCUT2D eigenvalue weighted by Crippen LogP contribution is 2.19. The second-order valence-corrected chi connectivity index (χ2v) is 5.79. The van der Waals surface area contributed by atoms with E-state index in [4.69, 9.17) is 4.74 Å². The molecule has 1 atom stereocenters. The number of ether oxygens (including phenoxy) is 1. The fourth-order valence-electron chi connectivity index (χ4n) is 1.85. The molecule has 20 heavy (non-hydrogen) atoms. The minimum Gasteiger partial charge on any atom is -0.452 e. The fraction of sp³-hybridized carbons (Fsp3) is 0.462. The van der Waals surface area contributed by atoms with Gasteiger partial charge >= 0.3 is 5.97 Å². The maximum absolute atomic E-state index is 11.8. The van der Waals surface area contributed by atoms with Crippen molar-refractivity contribution in [2.24, 2.45) is 0 Å². The molecule has 0 bridgehead atoms. The van der Waals surface area contributed by atoms with Crippen LogP contribution in [0.3, 0.4) is 0 Å². The van der Waals surface area contributed by atoms with Crippen LogP contribution in [0.1, 0.15) is 25.5 Å². The van der Waals surface area contributed by atoms with Crippen LogP contribution in [0.2, 0.25) is 0 Å². The zero-order chi connectivity index (χ0) is 14.1. The van der Waals surface area contributed by atoms with E-state index in [2.05, 4.69) is 10.3 Å². The first kappa shape index (κ1) is 13.1. The first-order chi connectivity index (χ1) is 9.61. The van der Waals surface area contributed by atoms with E-state index < -0.39 is 12.1 Å². The Bertz CT molecular complexity index is 616. The lowest BCUT2D eigenvalue weighted by Crippen LogP contribution is -2.37. The molecule has 2 heterocycles. The molecule has 1 saturated carbocycles. The molecule has 0 unspecified atom stereocenters. The summed E-state index contributed by atoms with van der Waals surface area (Å²) >= 11 is 1.50. The Morgan fingerprint density at radius 1 is 1.60 bits per heavy atom. The van der Waals surface area contributed by atoms with E-state index in [1.54, 1.807) is 13.1 Å². The summed E-state index contributed by atoms with van der Waals surface area (Å²) in [5.41, 5.74) is 0.650. The number of rotatable bonds is 5. The van der Waals surface area contributed by atoms with Crippen molar-refractivity contribution in [2.75, 3.05) is 0 Å². The van der Waals surface area contributed by atoms with Crippen LogP contribution in [0.15, 0.2) is 17.8 Å². The number of nitrogens with zero attached hydrogens (tertiary/aromatic N) is 2. The largest absolute Gasteiger partial charge is 0.452 e. The average Bonchev–Trinajstić information content (AvgIpc) is 2.94. The number of aromatic nitrogens is 2. The third-order valence-electron chi connectivity index (χ3n) is 3.07. The molecule has 0 aliphatic heterocycles. The van der Waals surface area contributed by atoms with Gasteiger partial charge in [0.1, 0.15) is 0 Å². The number of imidazole rings is 1.